The van der Waals surface area contributed by atoms with Gasteiger partial charge in [-0.05, 0) is 228 Å². The van der Waals surface area contributed by atoms with Crippen LogP contribution in [0.15, 0.2) is 362 Å². The minimum Gasteiger partial charge on any atom is -0.850 e. The number of nitrogens with one attached hydrogen (secondary N) is 1. The van der Waals surface area contributed by atoms with E-state index >= 15 is 0 Å². The monoisotopic (exact) mass is 1770 g/mol. The maximum Gasteiger partial charge on any atom is 1.00 e. The topological polar surface area (TPSA) is 72.1 Å². The van der Waals surface area contributed by atoms with E-state index in [4.69, 9.17) is 9.47 Å². The van der Waals surface area contributed by atoms with Crippen molar-refractivity contribution in [2.45, 2.75) is 102 Å². The van der Waals surface area contributed by atoms with E-state index in [0.717, 1.165) is 32.9 Å². The van der Waals surface area contributed by atoms with Crippen molar-refractivity contribution >= 4 is 179 Å². The minimum atomic E-state index is -0.750. The summed E-state index contributed by atoms with van der Waals surface area (Å²) in [5.41, 5.74) is 21.7. The third kappa shape index (κ3) is 16.7. The number of hydrogen-bond donors (Lipinski definition) is 1. The summed E-state index contributed by atoms with van der Waals surface area (Å²) in [7, 11) is 3.36. The molecule has 0 bridgehead atoms. The molecule has 0 amide bonds. The number of thiophene rings is 2. The number of rotatable bonds is 11. The second kappa shape index (κ2) is 36.9. The average molecular weight is 1770 g/mol. The van der Waals surface area contributed by atoms with Gasteiger partial charge in [-0.1, -0.05) is 283 Å². The summed E-state index contributed by atoms with van der Waals surface area (Å²) in [6, 6.07) is 129. The molecular formula is C114H97BrN4NaO3PS2. The van der Waals surface area contributed by atoms with Crippen LogP contribution in [0.1, 0.15) is 85.0 Å². The Morgan fingerprint density at radius 1 is 0.325 bits per heavy atom. The van der Waals surface area contributed by atoms with Crippen molar-refractivity contribution in [3.05, 3.63) is 362 Å². The molecule has 0 atom stereocenters. The van der Waals surface area contributed by atoms with Gasteiger partial charge in [0.2, 0.25) is 0 Å². The van der Waals surface area contributed by atoms with Crippen LogP contribution in [0, 0.1) is 0 Å². The largest absolute Gasteiger partial charge is 1.00 e. The molecule has 616 valence electrons. The van der Waals surface area contributed by atoms with E-state index in [2.05, 4.69) is 386 Å². The summed E-state index contributed by atoms with van der Waals surface area (Å²) < 4.78 is 25.3. The van der Waals surface area contributed by atoms with Gasteiger partial charge in [-0.25, -0.2) is 0 Å². The second-order valence-corrected chi connectivity index (χ2v) is 39.9. The SMILES string of the molecule is Brc1ccc2sc3ccccc3c2c1.CC(C)(C)[O-].COc1cccc(OC)c1-c1ccccc1P(C1CCCCC1)C1CCCCC1.[Na+].c1ccc(-n2c3ccccc3c3cc(-c4ccc5[nH]c6ccccc6c5c4)ccc32)cc1.c1ccc(-n2c3ccccc3c3cc(-c4ccc5c(c4)c4ccccc4n5-c4ccc5sc6ccccc6c5c4)ccc32)cc1. The van der Waals surface area contributed by atoms with E-state index in [-0.39, 0.29) is 37.5 Å². The molecular weight excluding hydrogens is 1670 g/mol. The fourth-order valence-electron chi connectivity index (χ4n) is 19.5. The van der Waals surface area contributed by atoms with E-state index < -0.39 is 5.60 Å². The smallest absolute Gasteiger partial charge is 0.850 e. The fourth-order valence-corrected chi connectivity index (χ4v) is 25.9. The van der Waals surface area contributed by atoms with Crippen LogP contribution in [0.25, 0.3) is 178 Å². The second-order valence-electron chi connectivity index (χ2n) is 34.0. The minimum absolute atomic E-state index is 0. The van der Waals surface area contributed by atoms with E-state index in [1.807, 2.05) is 28.7 Å². The van der Waals surface area contributed by atoms with Gasteiger partial charge in [-0.3, -0.25) is 0 Å². The van der Waals surface area contributed by atoms with Gasteiger partial charge in [-0.15, -0.1) is 28.3 Å². The Morgan fingerprint density at radius 2 is 0.690 bits per heavy atom. The first kappa shape index (κ1) is 84.1. The summed E-state index contributed by atoms with van der Waals surface area (Å²) in [6.07, 6.45) is 14.2. The average Bonchev–Trinajstić information content (AvgIpc) is 1.57. The van der Waals surface area contributed by atoms with Crippen molar-refractivity contribution in [1.29, 1.82) is 0 Å². The Hall–Kier alpha value is -11.4. The van der Waals surface area contributed by atoms with Crippen LogP contribution in [0.2, 0.25) is 0 Å². The molecule has 7 nitrogen and oxygen atoms in total. The zero-order valence-corrected chi connectivity index (χ0v) is 78.1. The van der Waals surface area contributed by atoms with Gasteiger partial charge in [0.15, 0.2) is 0 Å². The van der Waals surface area contributed by atoms with Gasteiger partial charge in [-0.2, -0.15) is 0 Å². The Balaban J connectivity index is 0.000000114. The Labute approximate surface area is 775 Å². The summed E-state index contributed by atoms with van der Waals surface area (Å²) in [5.74, 6) is 1.83. The molecule has 0 unspecified atom stereocenters. The maximum atomic E-state index is 10.1. The molecule has 2 saturated carbocycles. The van der Waals surface area contributed by atoms with Crippen molar-refractivity contribution in [2.24, 2.45) is 0 Å². The molecule has 2 aliphatic rings. The van der Waals surface area contributed by atoms with Crippen LogP contribution in [-0.2, 0) is 0 Å². The fraction of sp³-hybridized carbons (Fsp3) is 0.158. The number of benzene rings is 16. The van der Waals surface area contributed by atoms with E-state index in [0.29, 0.717) is 0 Å². The van der Waals surface area contributed by atoms with Crippen molar-refractivity contribution in [1.82, 2.24) is 18.7 Å². The summed E-state index contributed by atoms with van der Waals surface area (Å²) in [6.45, 7) is 4.90. The standard InChI is InChI=1S/C42H26N2S.C30H20N2.C26H35O2P.C12H7BrS.C4H9O.Na/c1-2-10-29(11-3-1)43-37-15-7-4-12-31(37)34-24-27(18-21-39(34)43)28-19-22-40-35(25-28)32-13-5-8-16-38(32)44(40)30-20-23-42-36(26-30)33-14-6-9-17-41(33)45-42;1-2-8-22(9-3-1)32-29-13-7-5-11-24(29)26-19-21(15-17-30(26)32)20-14-16-28-25(18-20)23-10-4-6-12-27(23)31-28;1-27-23-17-11-18-24(28-2)26(23)22-16-9-10-19-25(22)29(20-12-5-3-6-13-20)21-14-7-4-8-15-21;13-8-5-6-12-10(7-8)9-3-1-2-4-11(9)14-12;1-4(2,3)5;/h1-26H;1-19,31H;9-11,16-21H,3-8,12-15H2,1-2H3;1-7H;1-3H3;/q;;;;-1;+1. The first-order chi connectivity index (χ1) is 61.4. The van der Waals surface area contributed by atoms with Crippen molar-refractivity contribution in [3.8, 4) is 61.9 Å². The number of halogens is 1. The molecule has 22 aromatic rings. The van der Waals surface area contributed by atoms with E-state index in [9.17, 15) is 5.11 Å². The first-order valence-corrected chi connectivity index (χ1v) is 47.8. The number of ether oxygens (including phenoxy) is 2. The number of methoxy groups -OCH3 is 2. The number of aromatic amines is 1. The molecule has 24 rings (SSSR count). The quantitative estimate of drug-likeness (QED) is 0.104. The molecule has 0 saturated heterocycles. The van der Waals surface area contributed by atoms with Gasteiger partial charge in [0.05, 0.1) is 52.9 Å². The number of nitrogens with zero attached hydrogens (tertiary/aromatic N) is 3. The van der Waals surface area contributed by atoms with Crippen LogP contribution in [-0.4, -0.2) is 49.8 Å². The molecule has 0 aliphatic heterocycles. The maximum absolute atomic E-state index is 10.1. The van der Waals surface area contributed by atoms with Crippen molar-refractivity contribution in [3.63, 3.8) is 0 Å². The Morgan fingerprint density at radius 3 is 1.17 bits per heavy atom. The zero-order chi connectivity index (χ0) is 84.7. The van der Waals surface area contributed by atoms with Gasteiger partial charge in [0, 0.05) is 116 Å². The molecule has 0 spiro atoms. The normalized spacial score (nSPS) is 13.3. The Kier molecular flexibility index (Phi) is 24.6. The molecule has 1 N–H and O–H groups in total. The molecule has 126 heavy (non-hydrogen) atoms. The van der Waals surface area contributed by atoms with Crippen LogP contribution >= 0.6 is 46.5 Å². The van der Waals surface area contributed by atoms with Gasteiger partial charge in [0.25, 0.3) is 0 Å². The number of hydrogen-bond acceptors (Lipinski definition) is 5. The number of aromatic nitrogens is 4. The number of fused-ring (bicyclic) bond motifs is 18. The number of para-hydroxylation sites is 6. The van der Waals surface area contributed by atoms with E-state index in [1.54, 1.807) is 40.3 Å². The third-order valence-corrected chi connectivity index (χ3v) is 31.3. The predicted octanol–water partition coefficient (Wildman–Crippen LogP) is 29.1. The molecule has 2 fully saturated rings. The van der Waals surface area contributed by atoms with Gasteiger partial charge in [0.1, 0.15) is 11.5 Å². The molecule has 6 heterocycles. The Bertz CT molecular complexity index is 7670. The molecule has 12 heteroatoms. The van der Waals surface area contributed by atoms with Gasteiger partial charge < -0.3 is 33.3 Å². The van der Waals surface area contributed by atoms with Crippen molar-refractivity contribution < 1.29 is 44.1 Å². The third-order valence-electron chi connectivity index (χ3n) is 25.0. The first-order valence-electron chi connectivity index (χ1n) is 43.9. The molecule has 16 aromatic carbocycles. The van der Waals surface area contributed by atoms with Gasteiger partial charge >= 0.3 is 29.6 Å². The van der Waals surface area contributed by atoms with Crippen LogP contribution in [0.3, 0.4) is 0 Å². The number of H-pyrrole nitrogens is 1. The van der Waals surface area contributed by atoms with Crippen LogP contribution in [0.4, 0.5) is 0 Å². The molecule has 6 aromatic heterocycles. The zero-order valence-electron chi connectivity index (χ0n) is 72.0. The summed E-state index contributed by atoms with van der Waals surface area (Å²) >= 11 is 7.22. The molecule has 0 radical (unpaired) electrons. The molecule has 2 aliphatic carbocycles. The van der Waals surface area contributed by atoms with Crippen LogP contribution < -0.4 is 49.4 Å². The summed E-state index contributed by atoms with van der Waals surface area (Å²) in [5, 5.41) is 27.2. The van der Waals surface area contributed by atoms with Crippen molar-refractivity contribution in [2.75, 3.05) is 14.2 Å². The summed E-state index contributed by atoms with van der Waals surface area (Å²) in [4.78, 5) is 3.53. The van der Waals surface area contributed by atoms with Crippen LogP contribution in [0.5, 0.6) is 11.5 Å². The predicted molar refractivity (Wildman–Crippen MR) is 541 cm³/mol. The van der Waals surface area contributed by atoms with E-state index in [1.165, 1.54) is 237 Å².